The van der Waals surface area contributed by atoms with E-state index in [1.807, 2.05) is 13.0 Å². The van der Waals surface area contributed by atoms with Crippen molar-refractivity contribution in [1.29, 1.82) is 0 Å². The number of aryl methyl sites for hydroxylation is 1. The first-order chi connectivity index (χ1) is 13.4. The molecule has 144 valence electrons. The Hall–Kier alpha value is -2.48. The van der Waals surface area contributed by atoms with Crippen molar-refractivity contribution in [3.8, 4) is 0 Å². The molecule has 0 fully saturated rings. The minimum absolute atomic E-state index is 0.302. The molecule has 3 N–H and O–H groups in total. The molecule has 28 heavy (non-hydrogen) atoms. The van der Waals surface area contributed by atoms with Crippen molar-refractivity contribution >= 4 is 58.0 Å². The van der Waals surface area contributed by atoms with Gasteiger partial charge in [0.25, 0.3) is 0 Å². The molecule has 9 heteroatoms. The first-order valence-corrected chi connectivity index (χ1v) is 9.42. The van der Waals surface area contributed by atoms with E-state index in [4.69, 9.17) is 35.4 Å². The molecule has 2 aromatic carbocycles. The first kappa shape index (κ1) is 20.3. The second-order valence-electron chi connectivity index (χ2n) is 5.89. The van der Waals surface area contributed by atoms with Crippen molar-refractivity contribution in [3.63, 3.8) is 0 Å². The Kier molecular flexibility index (Phi) is 6.61. The van der Waals surface area contributed by atoms with Crippen molar-refractivity contribution in [2.45, 2.75) is 13.5 Å². The summed E-state index contributed by atoms with van der Waals surface area (Å²) in [6.45, 7) is 2.26. The molecule has 3 rings (SSSR count). The number of anilines is 3. The molecule has 0 aliphatic heterocycles. The molecule has 0 saturated heterocycles. The number of benzene rings is 2. The van der Waals surface area contributed by atoms with Crippen LogP contribution in [0.1, 0.15) is 11.3 Å². The number of rotatable bonds is 5. The van der Waals surface area contributed by atoms with Crippen LogP contribution in [0.5, 0.6) is 0 Å². The molecular formula is C19H16Cl2FN5S. The van der Waals surface area contributed by atoms with Gasteiger partial charge >= 0.3 is 0 Å². The summed E-state index contributed by atoms with van der Waals surface area (Å²) in [4.78, 5) is 8.70. The van der Waals surface area contributed by atoms with Crippen LogP contribution in [0.4, 0.5) is 21.8 Å². The molecule has 0 saturated carbocycles. The number of nitrogens with one attached hydrogen (secondary N) is 3. The third-order valence-corrected chi connectivity index (χ3v) is 4.48. The number of halogens is 3. The molecule has 0 amide bonds. The van der Waals surface area contributed by atoms with Crippen LogP contribution < -0.4 is 16.0 Å². The fraction of sp³-hybridized carbons (Fsp3) is 0.105. The topological polar surface area (TPSA) is 61.9 Å². The highest BCUT2D eigenvalue weighted by Gasteiger charge is 2.07. The van der Waals surface area contributed by atoms with Crippen molar-refractivity contribution < 1.29 is 4.39 Å². The molecular weight excluding hydrogens is 420 g/mol. The van der Waals surface area contributed by atoms with Crippen LogP contribution in [-0.2, 0) is 6.54 Å². The molecule has 0 aliphatic rings. The molecule has 1 heterocycles. The van der Waals surface area contributed by atoms with E-state index in [1.54, 1.807) is 30.3 Å². The third kappa shape index (κ3) is 5.76. The minimum atomic E-state index is -0.302. The van der Waals surface area contributed by atoms with Gasteiger partial charge < -0.3 is 16.0 Å². The average molecular weight is 436 g/mol. The Morgan fingerprint density at radius 3 is 2.54 bits per heavy atom. The molecule has 5 nitrogen and oxygen atoms in total. The second-order valence-corrected chi connectivity index (χ2v) is 7.15. The summed E-state index contributed by atoms with van der Waals surface area (Å²) < 4.78 is 13.0. The quantitative estimate of drug-likeness (QED) is 0.462. The van der Waals surface area contributed by atoms with E-state index in [-0.39, 0.29) is 5.82 Å². The van der Waals surface area contributed by atoms with Crippen molar-refractivity contribution in [3.05, 3.63) is 75.7 Å². The van der Waals surface area contributed by atoms with Crippen LogP contribution in [0.15, 0.2) is 48.5 Å². The van der Waals surface area contributed by atoms with Gasteiger partial charge in [0.1, 0.15) is 11.6 Å². The summed E-state index contributed by atoms with van der Waals surface area (Å²) in [5.41, 5.74) is 2.31. The largest absolute Gasteiger partial charge is 0.358 e. The van der Waals surface area contributed by atoms with Crippen LogP contribution in [0.2, 0.25) is 10.0 Å². The van der Waals surface area contributed by atoms with Crippen molar-refractivity contribution in [2.24, 2.45) is 0 Å². The Balaban J connectivity index is 1.63. The maximum absolute atomic E-state index is 13.0. The highest BCUT2D eigenvalue weighted by Crippen LogP contribution is 2.21. The van der Waals surface area contributed by atoms with Gasteiger partial charge in [-0.25, -0.2) is 9.37 Å². The van der Waals surface area contributed by atoms with E-state index in [0.717, 1.165) is 11.3 Å². The van der Waals surface area contributed by atoms with Gasteiger partial charge in [-0.15, -0.1) is 0 Å². The standard InChI is InChI=1S/C19H16Cl2FN5S/c1-11-8-17(25-15-6-4-14(22)5-7-15)26-18(24-11)27-19(28)23-10-12-2-3-13(20)9-16(12)21/h2-9H,10H2,1H3,(H3,23,24,25,26,27,28). The van der Waals surface area contributed by atoms with E-state index >= 15 is 0 Å². The highest BCUT2D eigenvalue weighted by atomic mass is 35.5. The first-order valence-electron chi connectivity index (χ1n) is 8.26. The van der Waals surface area contributed by atoms with Crippen LogP contribution in [-0.4, -0.2) is 15.1 Å². The lowest BCUT2D eigenvalue weighted by molar-refractivity contribution is 0.628. The Bertz CT molecular complexity index is 998. The lowest BCUT2D eigenvalue weighted by Gasteiger charge is -2.12. The predicted octanol–water partition coefficient (Wildman–Crippen LogP) is 5.46. The summed E-state index contributed by atoms with van der Waals surface area (Å²) >= 11 is 17.4. The second kappa shape index (κ2) is 9.14. The Morgan fingerprint density at radius 1 is 1.07 bits per heavy atom. The number of hydrogen-bond donors (Lipinski definition) is 3. The highest BCUT2D eigenvalue weighted by molar-refractivity contribution is 7.80. The molecule has 0 unspecified atom stereocenters. The smallest absolute Gasteiger partial charge is 0.231 e. The van der Waals surface area contributed by atoms with E-state index < -0.39 is 0 Å². The van der Waals surface area contributed by atoms with Crippen LogP contribution in [0, 0.1) is 12.7 Å². The van der Waals surface area contributed by atoms with Gasteiger partial charge in [0.15, 0.2) is 5.11 Å². The van der Waals surface area contributed by atoms with Crippen LogP contribution >= 0.6 is 35.4 Å². The monoisotopic (exact) mass is 435 g/mol. The average Bonchev–Trinajstić information content (AvgIpc) is 2.62. The summed E-state index contributed by atoms with van der Waals surface area (Å²) in [6.07, 6.45) is 0. The summed E-state index contributed by atoms with van der Waals surface area (Å²) in [7, 11) is 0. The van der Waals surface area contributed by atoms with Gasteiger partial charge in [-0.3, -0.25) is 0 Å². The number of thiocarbonyl (C=S) groups is 1. The van der Waals surface area contributed by atoms with E-state index in [2.05, 4.69) is 25.9 Å². The zero-order valence-electron chi connectivity index (χ0n) is 14.8. The van der Waals surface area contributed by atoms with Gasteiger partial charge in [-0.2, -0.15) is 4.98 Å². The molecule has 3 aromatic rings. The van der Waals surface area contributed by atoms with Crippen molar-refractivity contribution in [2.75, 3.05) is 10.6 Å². The van der Waals surface area contributed by atoms with Gasteiger partial charge in [-0.1, -0.05) is 29.3 Å². The van der Waals surface area contributed by atoms with Crippen LogP contribution in [0.3, 0.4) is 0 Å². The number of aromatic nitrogens is 2. The third-order valence-electron chi connectivity index (χ3n) is 3.65. The Morgan fingerprint density at radius 2 is 1.82 bits per heavy atom. The lowest BCUT2D eigenvalue weighted by Crippen LogP contribution is -2.29. The molecule has 0 bridgehead atoms. The summed E-state index contributed by atoms with van der Waals surface area (Å²) in [5, 5.41) is 10.6. The molecule has 0 aliphatic carbocycles. The predicted molar refractivity (Wildman–Crippen MR) is 116 cm³/mol. The maximum atomic E-state index is 13.0. The molecule has 0 atom stereocenters. The van der Waals surface area contributed by atoms with E-state index in [0.29, 0.717) is 39.2 Å². The van der Waals surface area contributed by atoms with Crippen LogP contribution in [0.25, 0.3) is 0 Å². The van der Waals surface area contributed by atoms with Gasteiger partial charge in [0, 0.05) is 34.0 Å². The van der Waals surface area contributed by atoms with Gasteiger partial charge in [0.05, 0.1) is 0 Å². The summed E-state index contributed by atoms with van der Waals surface area (Å²) in [5.74, 6) is 0.596. The fourth-order valence-corrected chi connectivity index (χ4v) is 2.99. The number of nitrogens with zero attached hydrogens (tertiary/aromatic N) is 2. The SMILES string of the molecule is Cc1cc(Nc2ccc(F)cc2)nc(NC(=S)NCc2ccc(Cl)cc2Cl)n1. The molecule has 0 spiro atoms. The minimum Gasteiger partial charge on any atom is -0.358 e. The number of hydrogen-bond acceptors (Lipinski definition) is 4. The molecule has 1 aromatic heterocycles. The summed E-state index contributed by atoms with van der Waals surface area (Å²) in [6, 6.07) is 13.0. The maximum Gasteiger partial charge on any atom is 0.231 e. The Labute approximate surface area is 177 Å². The lowest BCUT2D eigenvalue weighted by atomic mass is 10.2. The zero-order chi connectivity index (χ0) is 20.1. The fourth-order valence-electron chi connectivity index (χ4n) is 2.36. The van der Waals surface area contributed by atoms with Gasteiger partial charge in [-0.05, 0) is 61.1 Å². The normalized spacial score (nSPS) is 10.4. The van der Waals surface area contributed by atoms with Crippen molar-refractivity contribution in [1.82, 2.24) is 15.3 Å². The van der Waals surface area contributed by atoms with E-state index in [9.17, 15) is 4.39 Å². The zero-order valence-corrected chi connectivity index (χ0v) is 17.1. The molecule has 0 radical (unpaired) electrons. The van der Waals surface area contributed by atoms with E-state index in [1.165, 1.54) is 12.1 Å². The van der Waals surface area contributed by atoms with Gasteiger partial charge in [0.2, 0.25) is 5.95 Å².